The van der Waals surface area contributed by atoms with Gasteiger partial charge in [-0.2, -0.15) is 5.10 Å². The van der Waals surface area contributed by atoms with Gasteiger partial charge in [0, 0.05) is 25.3 Å². The first-order valence-corrected chi connectivity index (χ1v) is 10.3. The molecule has 2 aromatic carbocycles. The molecule has 1 N–H and O–H groups in total. The van der Waals surface area contributed by atoms with Crippen molar-refractivity contribution in [2.24, 2.45) is 5.92 Å². The minimum Gasteiger partial charge on any atom is -0.371 e. The summed E-state index contributed by atoms with van der Waals surface area (Å²) in [6.45, 7) is 4.98. The standard InChI is InChI=1S/C23H25ClN4O/c1-17-21(22(24)28(26-17)16-18-8-4-2-5-9-18)23(29)25-14-19-12-13-27(15-19)20-10-6-3-7-11-20/h2-11,19H,12-16H2,1H3,(H,25,29). The van der Waals surface area contributed by atoms with E-state index in [1.54, 1.807) is 4.68 Å². The number of para-hydroxylation sites is 1. The Labute approximate surface area is 176 Å². The maximum absolute atomic E-state index is 12.8. The Bertz CT molecular complexity index is 971. The Morgan fingerprint density at radius 2 is 1.83 bits per heavy atom. The Morgan fingerprint density at radius 3 is 2.55 bits per heavy atom. The average Bonchev–Trinajstić information content (AvgIpc) is 3.32. The second kappa shape index (κ2) is 8.70. The molecule has 3 aromatic rings. The van der Waals surface area contributed by atoms with Gasteiger partial charge in [0.1, 0.15) is 5.15 Å². The predicted octanol–water partition coefficient (Wildman–Crippen LogP) is 4.15. The fourth-order valence-electron chi connectivity index (χ4n) is 3.87. The number of carbonyl (C=O) groups excluding carboxylic acids is 1. The van der Waals surface area contributed by atoms with Crippen LogP contribution in [0.1, 0.15) is 28.0 Å². The summed E-state index contributed by atoms with van der Waals surface area (Å²) in [5.74, 6) is 0.280. The van der Waals surface area contributed by atoms with Gasteiger partial charge in [-0.05, 0) is 37.0 Å². The highest BCUT2D eigenvalue weighted by Crippen LogP contribution is 2.24. The molecular weight excluding hydrogens is 384 g/mol. The molecule has 0 saturated carbocycles. The number of carbonyl (C=O) groups is 1. The fraction of sp³-hybridized carbons (Fsp3) is 0.304. The molecule has 1 amide bonds. The number of nitrogens with one attached hydrogen (secondary N) is 1. The first kappa shape index (κ1) is 19.5. The summed E-state index contributed by atoms with van der Waals surface area (Å²) in [6.07, 6.45) is 1.06. The third-order valence-electron chi connectivity index (χ3n) is 5.43. The molecule has 150 valence electrons. The van der Waals surface area contributed by atoms with Gasteiger partial charge in [0.15, 0.2) is 0 Å². The van der Waals surface area contributed by atoms with Crippen molar-refractivity contribution in [1.82, 2.24) is 15.1 Å². The first-order chi connectivity index (χ1) is 14.1. The van der Waals surface area contributed by atoms with E-state index in [1.165, 1.54) is 5.69 Å². The van der Waals surface area contributed by atoms with Crippen molar-refractivity contribution < 1.29 is 4.79 Å². The molecule has 0 bridgehead atoms. The lowest BCUT2D eigenvalue weighted by molar-refractivity contribution is 0.0947. The first-order valence-electron chi connectivity index (χ1n) is 9.97. The maximum Gasteiger partial charge on any atom is 0.256 e. The van der Waals surface area contributed by atoms with E-state index in [1.807, 2.05) is 43.3 Å². The fourth-order valence-corrected chi connectivity index (χ4v) is 4.19. The number of hydrogen-bond donors (Lipinski definition) is 1. The van der Waals surface area contributed by atoms with Crippen molar-refractivity contribution >= 4 is 23.2 Å². The molecular formula is C23H25ClN4O. The highest BCUT2D eigenvalue weighted by Gasteiger charge is 2.25. The van der Waals surface area contributed by atoms with E-state index in [0.717, 1.165) is 25.1 Å². The van der Waals surface area contributed by atoms with Gasteiger partial charge in [0.2, 0.25) is 0 Å². The number of amides is 1. The van der Waals surface area contributed by atoms with Gasteiger partial charge in [-0.25, -0.2) is 4.68 Å². The summed E-state index contributed by atoms with van der Waals surface area (Å²) < 4.78 is 1.69. The van der Waals surface area contributed by atoms with Crippen molar-refractivity contribution in [1.29, 1.82) is 0 Å². The molecule has 1 aliphatic rings. The van der Waals surface area contributed by atoms with Crippen LogP contribution >= 0.6 is 11.6 Å². The van der Waals surface area contributed by atoms with Crippen LogP contribution in [0.15, 0.2) is 60.7 Å². The number of aromatic nitrogens is 2. The average molecular weight is 409 g/mol. The zero-order valence-electron chi connectivity index (χ0n) is 16.5. The molecule has 0 aliphatic carbocycles. The number of anilines is 1. The van der Waals surface area contributed by atoms with E-state index in [2.05, 4.69) is 39.6 Å². The van der Waals surface area contributed by atoms with Crippen molar-refractivity contribution in [3.8, 4) is 0 Å². The lowest BCUT2D eigenvalue weighted by Gasteiger charge is -2.18. The molecule has 0 radical (unpaired) electrons. The third kappa shape index (κ3) is 4.46. The monoisotopic (exact) mass is 408 g/mol. The predicted molar refractivity (Wildman–Crippen MR) is 117 cm³/mol. The van der Waals surface area contributed by atoms with E-state index < -0.39 is 0 Å². The summed E-state index contributed by atoms with van der Waals surface area (Å²) >= 11 is 6.50. The number of benzene rings is 2. The largest absolute Gasteiger partial charge is 0.371 e. The van der Waals surface area contributed by atoms with Crippen LogP contribution in [0.5, 0.6) is 0 Å². The van der Waals surface area contributed by atoms with Gasteiger partial charge >= 0.3 is 0 Å². The normalized spacial score (nSPS) is 16.2. The smallest absolute Gasteiger partial charge is 0.256 e. The zero-order chi connectivity index (χ0) is 20.2. The Kier molecular flexibility index (Phi) is 5.86. The molecule has 1 saturated heterocycles. The molecule has 1 unspecified atom stereocenters. The third-order valence-corrected chi connectivity index (χ3v) is 5.81. The molecule has 1 aromatic heterocycles. The lowest BCUT2D eigenvalue weighted by atomic mass is 10.1. The van der Waals surface area contributed by atoms with Crippen molar-refractivity contribution in [3.63, 3.8) is 0 Å². The van der Waals surface area contributed by atoms with E-state index in [-0.39, 0.29) is 5.91 Å². The number of hydrogen-bond acceptors (Lipinski definition) is 3. The summed E-state index contributed by atoms with van der Waals surface area (Å²) in [4.78, 5) is 15.2. The van der Waals surface area contributed by atoms with Gasteiger partial charge in [0.05, 0.1) is 17.8 Å². The summed E-state index contributed by atoms with van der Waals surface area (Å²) in [6, 6.07) is 20.4. The molecule has 4 rings (SSSR count). The quantitative estimate of drug-likeness (QED) is 0.666. The highest BCUT2D eigenvalue weighted by atomic mass is 35.5. The minimum atomic E-state index is -0.148. The summed E-state index contributed by atoms with van der Waals surface area (Å²) in [5, 5.41) is 7.93. The van der Waals surface area contributed by atoms with Crippen LogP contribution in [-0.2, 0) is 6.54 Å². The van der Waals surface area contributed by atoms with Crippen LogP contribution in [-0.4, -0.2) is 35.3 Å². The van der Waals surface area contributed by atoms with Crippen LogP contribution < -0.4 is 10.2 Å². The zero-order valence-corrected chi connectivity index (χ0v) is 17.3. The maximum atomic E-state index is 12.8. The number of halogens is 1. The molecule has 29 heavy (non-hydrogen) atoms. The highest BCUT2D eigenvalue weighted by molar-refractivity contribution is 6.33. The number of aryl methyl sites for hydroxylation is 1. The van der Waals surface area contributed by atoms with E-state index in [0.29, 0.717) is 35.4 Å². The minimum absolute atomic E-state index is 0.148. The molecule has 1 fully saturated rings. The molecule has 0 spiro atoms. The SMILES string of the molecule is Cc1nn(Cc2ccccc2)c(Cl)c1C(=O)NCC1CCN(c2ccccc2)C1. The number of rotatable bonds is 6. The summed E-state index contributed by atoms with van der Waals surface area (Å²) in [5.41, 5.74) is 3.46. The Morgan fingerprint density at radius 1 is 1.14 bits per heavy atom. The topological polar surface area (TPSA) is 50.2 Å². The number of nitrogens with zero attached hydrogens (tertiary/aromatic N) is 3. The molecule has 1 aliphatic heterocycles. The van der Waals surface area contributed by atoms with Crippen LogP contribution in [0.4, 0.5) is 5.69 Å². The molecule has 1 atom stereocenters. The van der Waals surface area contributed by atoms with E-state index in [4.69, 9.17) is 11.6 Å². The van der Waals surface area contributed by atoms with Crippen LogP contribution in [0, 0.1) is 12.8 Å². The molecule has 2 heterocycles. The van der Waals surface area contributed by atoms with Crippen LogP contribution in [0.2, 0.25) is 5.15 Å². The van der Waals surface area contributed by atoms with Crippen LogP contribution in [0.25, 0.3) is 0 Å². The van der Waals surface area contributed by atoms with Crippen molar-refractivity contribution in [2.45, 2.75) is 19.9 Å². The van der Waals surface area contributed by atoms with Gasteiger partial charge < -0.3 is 10.2 Å². The van der Waals surface area contributed by atoms with Gasteiger partial charge in [-0.15, -0.1) is 0 Å². The van der Waals surface area contributed by atoms with Crippen LogP contribution in [0.3, 0.4) is 0 Å². The summed E-state index contributed by atoms with van der Waals surface area (Å²) in [7, 11) is 0. The van der Waals surface area contributed by atoms with Gasteiger partial charge in [0.25, 0.3) is 5.91 Å². The Hall–Kier alpha value is -2.79. The molecule has 6 heteroatoms. The van der Waals surface area contributed by atoms with Gasteiger partial charge in [-0.1, -0.05) is 60.1 Å². The van der Waals surface area contributed by atoms with E-state index >= 15 is 0 Å². The van der Waals surface area contributed by atoms with E-state index in [9.17, 15) is 4.79 Å². The second-order valence-electron chi connectivity index (χ2n) is 7.54. The Balaban J connectivity index is 1.37. The molecule has 5 nitrogen and oxygen atoms in total. The van der Waals surface area contributed by atoms with Gasteiger partial charge in [-0.3, -0.25) is 4.79 Å². The second-order valence-corrected chi connectivity index (χ2v) is 7.90. The lowest BCUT2D eigenvalue weighted by Crippen LogP contribution is -2.31. The van der Waals surface area contributed by atoms with Crippen molar-refractivity contribution in [2.75, 3.05) is 24.5 Å². The van der Waals surface area contributed by atoms with Crippen molar-refractivity contribution in [3.05, 3.63) is 82.6 Å².